The van der Waals surface area contributed by atoms with Crippen molar-refractivity contribution < 1.29 is 9.18 Å². The summed E-state index contributed by atoms with van der Waals surface area (Å²) in [6.07, 6.45) is 1.56. The van der Waals surface area contributed by atoms with Gasteiger partial charge in [0.25, 0.3) is 5.91 Å². The minimum absolute atomic E-state index is 0.0647. The molecular weight excluding hydrogens is 295 g/mol. The first kappa shape index (κ1) is 15.0. The number of hydrogen-bond donors (Lipinski definition) is 1. The maximum atomic E-state index is 12.9. The number of pyridine rings is 1. The molecule has 0 aliphatic heterocycles. The second-order valence-corrected chi connectivity index (χ2v) is 5.14. The van der Waals surface area contributed by atoms with Crippen molar-refractivity contribution in [1.82, 2.24) is 4.57 Å². The monoisotopic (exact) mass is 310 g/mol. The van der Waals surface area contributed by atoms with Crippen molar-refractivity contribution in [3.8, 4) is 0 Å². The summed E-state index contributed by atoms with van der Waals surface area (Å²) in [6.45, 7) is 2.58. The molecule has 1 aromatic heterocycles. The fourth-order valence-electron chi connectivity index (χ4n) is 2.50. The number of aromatic nitrogens is 1. The lowest BCUT2D eigenvalue weighted by Gasteiger charge is -2.11. The maximum absolute atomic E-state index is 12.9. The number of carbonyl (C=O) groups is 1. The number of anilines is 1. The van der Waals surface area contributed by atoms with Crippen molar-refractivity contribution in [2.45, 2.75) is 13.5 Å². The third-order valence-corrected chi connectivity index (χ3v) is 3.68. The summed E-state index contributed by atoms with van der Waals surface area (Å²) < 4.78 is 14.8. The number of halogens is 1. The van der Waals surface area contributed by atoms with E-state index in [1.807, 2.05) is 23.6 Å². The molecule has 0 spiro atoms. The molecule has 0 atom stereocenters. The molecule has 0 unspecified atom stereocenters. The molecule has 116 valence electrons. The number of carbonyl (C=O) groups excluding carboxylic acids is 1. The highest BCUT2D eigenvalue weighted by atomic mass is 19.1. The average Bonchev–Trinajstić information content (AvgIpc) is 2.57. The average molecular weight is 310 g/mol. The van der Waals surface area contributed by atoms with Gasteiger partial charge in [0.05, 0.1) is 5.52 Å². The molecule has 1 amide bonds. The minimum atomic E-state index is -0.505. The van der Waals surface area contributed by atoms with Gasteiger partial charge in [0, 0.05) is 23.8 Å². The molecule has 0 radical (unpaired) electrons. The predicted molar refractivity (Wildman–Crippen MR) is 88.2 cm³/mol. The van der Waals surface area contributed by atoms with Gasteiger partial charge in [-0.3, -0.25) is 9.59 Å². The molecule has 0 fully saturated rings. The first-order chi connectivity index (χ1) is 11.1. The topological polar surface area (TPSA) is 51.1 Å². The van der Waals surface area contributed by atoms with Gasteiger partial charge in [0.2, 0.25) is 5.43 Å². The SMILES string of the molecule is CCn1cc(C(=O)Nc2ccc(F)cc2)c(=O)c2ccccc21. The quantitative estimate of drug-likeness (QED) is 0.806. The molecule has 3 aromatic rings. The number of rotatable bonds is 3. The lowest BCUT2D eigenvalue weighted by atomic mass is 10.1. The third kappa shape index (κ3) is 2.85. The molecule has 3 rings (SSSR count). The molecule has 5 heteroatoms. The molecular formula is C18H15FN2O2. The van der Waals surface area contributed by atoms with Gasteiger partial charge in [-0.2, -0.15) is 0 Å². The van der Waals surface area contributed by atoms with Crippen molar-refractivity contribution in [3.63, 3.8) is 0 Å². The normalized spacial score (nSPS) is 10.7. The first-order valence-corrected chi connectivity index (χ1v) is 7.29. The number of amides is 1. The molecule has 0 saturated carbocycles. The van der Waals surface area contributed by atoms with Crippen molar-refractivity contribution in [1.29, 1.82) is 0 Å². The van der Waals surface area contributed by atoms with E-state index in [1.54, 1.807) is 18.3 Å². The molecule has 1 heterocycles. The van der Waals surface area contributed by atoms with Gasteiger partial charge in [0.15, 0.2) is 0 Å². The Morgan fingerprint density at radius 1 is 1.13 bits per heavy atom. The highest BCUT2D eigenvalue weighted by Gasteiger charge is 2.15. The Morgan fingerprint density at radius 2 is 1.83 bits per heavy atom. The van der Waals surface area contributed by atoms with E-state index in [4.69, 9.17) is 0 Å². The lowest BCUT2D eigenvalue weighted by molar-refractivity contribution is 0.102. The Labute approximate surface area is 132 Å². The zero-order valence-corrected chi connectivity index (χ0v) is 12.5. The van der Waals surface area contributed by atoms with Crippen LogP contribution in [0.2, 0.25) is 0 Å². The molecule has 0 aliphatic carbocycles. The van der Waals surface area contributed by atoms with Crippen LogP contribution in [0.3, 0.4) is 0 Å². The van der Waals surface area contributed by atoms with Crippen molar-refractivity contribution in [3.05, 3.63) is 76.3 Å². The Bertz CT molecular complexity index is 930. The van der Waals surface area contributed by atoms with Crippen LogP contribution >= 0.6 is 0 Å². The van der Waals surface area contributed by atoms with Crippen molar-refractivity contribution >= 4 is 22.5 Å². The highest BCUT2D eigenvalue weighted by Crippen LogP contribution is 2.14. The van der Waals surface area contributed by atoms with Gasteiger partial charge in [-0.1, -0.05) is 12.1 Å². The molecule has 2 aromatic carbocycles. The van der Waals surface area contributed by atoms with E-state index >= 15 is 0 Å². The number of nitrogens with one attached hydrogen (secondary N) is 1. The fourth-order valence-corrected chi connectivity index (χ4v) is 2.50. The van der Waals surface area contributed by atoms with Crippen molar-refractivity contribution in [2.75, 3.05) is 5.32 Å². The fraction of sp³-hybridized carbons (Fsp3) is 0.111. The van der Waals surface area contributed by atoms with Gasteiger partial charge in [-0.25, -0.2) is 4.39 Å². The van der Waals surface area contributed by atoms with Crippen LogP contribution in [0.1, 0.15) is 17.3 Å². The largest absolute Gasteiger partial charge is 0.347 e. The first-order valence-electron chi connectivity index (χ1n) is 7.29. The van der Waals surface area contributed by atoms with Gasteiger partial charge in [0.1, 0.15) is 11.4 Å². The number of nitrogens with zero attached hydrogens (tertiary/aromatic N) is 1. The van der Waals surface area contributed by atoms with Gasteiger partial charge in [-0.15, -0.1) is 0 Å². The van der Waals surface area contributed by atoms with E-state index in [0.717, 1.165) is 5.52 Å². The standard InChI is InChI=1S/C18H15FN2O2/c1-2-21-11-15(17(22)14-5-3-4-6-16(14)21)18(23)20-13-9-7-12(19)8-10-13/h3-11H,2H2,1H3,(H,20,23). The number of para-hydroxylation sites is 1. The molecule has 1 N–H and O–H groups in total. The number of aryl methyl sites for hydroxylation is 1. The summed E-state index contributed by atoms with van der Waals surface area (Å²) >= 11 is 0. The highest BCUT2D eigenvalue weighted by molar-refractivity contribution is 6.05. The van der Waals surface area contributed by atoms with Crippen LogP contribution in [-0.4, -0.2) is 10.5 Å². The summed E-state index contributed by atoms with van der Waals surface area (Å²) in [4.78, 5) is 25.0. The molecule has 0 aliphatic rings. The summed E-state index contributed by atoms with van der Waals surface area (Å²) in [6, 6.07) is 12.6. The third-order valence-electron chi connectivity index (χ3n) is 3.68. The zero-order chi connectivity index (χ0) is 16.4. The smallest absolute Gasteiger partial charge is 0.261 e. The van der Waals surface area contributed by atoms with Crippen LogP contribution in [0.5, 0.6) is 0 Å². The van der Waals surface area contributed by atoms with Crippen LogP contribution in [0.15, 0.2) is 59.5 Å². The van der Waals surface area contributed by atoms with Gasteiger partial charge in [-0.05, 0) is 43.3 Å². The van der Waals surface area contributed by atoms with Crippen LogP contribution in [0.25, 0.3) is 10.9 Å². The van der Waals surface area contributed by atoms with E-state index in [0.29, 0.717) is 17.6 Å². The lowest BCUT2D eigenvalue weighted by Crippen LogP contribution is -2.23. The van der Waals surface area contributed by atoms with Crippen LogP contribution < -0.4 is 10.7 Å². The molecule has 4 nitrogen and oxygen atoms in total. The van der Waals surface area contributed by atoms with Crippen LogP contribution in [0, 0.1) is 5.82 Å². The van der Waals surface area contributed by atoms with E-state index in [9.17, 15) is 14.0 Å². The van der Waals surface area contributed by atoms with Crippen molar-refractivity contribution in [2.24, 2.45) is 0 Å². The number of fused-ring (bicyclic) bond motifs is 1. The predicted octanol–water partition coefficient (Wildman–Crippen LogP) is 3.41. The van der Waals surface area contributed by atoms with Gasteiger partial charge < -0.3 is 9.88 Å². The second kappa shape index (κ2) is 6.04. The Balaban J connectivity index is 2.05. The molecule has 23 heavy (non-hydrogen) atoms. The second-order valence-electron chi connectivity index (χ2n) is 5.14. The zero-order valence-electron chi connectivity index (χ0n) is 12.5. The van der Waals surface area contributed by atoms with E-state index in [2.05, 4.69) is 5.32 Å². The number of hydrogen-bond acceptors (Lipinski definition) is 2. The summed E-state index contributed by atoms with van der Waals surface area (Å²) in [5.41, 5.74) is 0.977. The van der Waals surface area contributed by atoms with E-state index in [1.165, 1.54) is 24.3 Å². The Morgan fingerprint density at radius 3 is 2.52 bits per heavy atom. The van der Waals surface area contributed by atoms with E-state index < -0.39 is 5.91 Å². The van der Waals surface area contributed by atoms with Gasteiger partial charge >= 0.3 is 0 Å². The van der Waals surface area contributed by atoms with Crippen LogP contribution in [-0.2, 0) is 6.54 Å². The minimum Gasteiger partial charge on any atom is -0.347 e. The molecule has 0 saturated heterocycles. The Kier molecular flexibility index (Phi) is 3.93. The van der Waals surface area contributed by atoms with E-state index in [-0.39, 0.29) is 16.8 Å². The number of benzene rings is 2. The Hall–Kier alpha value is -2.95. The summed E-state index contributed by atoms with van der Waals surface area (Å²) in [5.74, 6) is -0.892. The summed E-state index contributed by atoms with van der Waals surface area (Å²) in [5, 5.41) is 3.12. The van der Waals surface area contributed by atoms with Crippen LogP contribution in [0.4, 0.5) is 10.1 Å². The summed E-state index contributed by atoms with van der Waals surface area (Å²) in [7, 11) is 0. The molecule has 0 bridgehead atoms. The maximum Gasteiger partial charge on any atom is 0.261 e.